The summed E-state index contributed by atoms with van der Waals surface area (Å²) >= 11 is 4.22. The number of aryl methyl sites for hydroxylation is 1. The Morgan fingerprint density at radius 3 is 2.75 bits per heavy atom. The molecule has 0 aliphatic rings. The van der Waals surface area contributed by atoms with Gasteiger partial charge in [-0.25, -0.2) is 9.78 Å². The van der Waals surface area contributed by atoms with Crippen LogP contribution in [0.5, 0.6) is 0 Å². The monoisotopic (exact) mass is 357 g/mol. The molecule has 0 radical (unpaired) electrons. The summed E-state index contributed by atoms with van der Waals surface area (Å²) in [6.07, 6.45) is 0. The smallest absolute Gasteiger partial charge is 0.400 e. The first kappa shape index (κ1) is 14.4. The van der Waals surface area contributed by atoms with Crippen LogP contribution in [0.15, 0.2) is 31.8 Å². The lowest BCUT2D eigenvalue weighted by Crippen LogP contribution is -2.25. The van der Waals surface area contributed by atoms with Crippen molar-refractivity contribution in [3.05, 3.63) is 38.6 Å². The van der Waals surface area contributed by atoms with Crippen LogP contribution >= 0.6 is 27.3 Å². The molecule has 0 atom stereocenters. The van der Waals surface area contributed by atoms with Crippen LogP contribution in [0.4, 0.5) is 0 Å². The number of hydrogen-bond acceptors (Lipinski definition) is 7. The molecule has 2 rings (SSSR count). The van der Waals surface area contributed by atoms with Gasteiger partial charge in [-0.2, -0.15) is 0 Å². The summed E-state index contributed by atoms with van der Waals surface area (Å²) in [5, 5.41) is 5.46. The van der Waals surface area contributed by atoms with E-state index in [2.05, 4.69) is 30.9 Å². The number of thiazole rings is 1. The van der Waals surface area contributed by atoms with E-state index in [1.807, 2.05) is 0 Å². The predicted molar refractivity (Wildman–Crippen MR) is 74.4 cm³/mol. The van der Waals surface area contributed by atoms with Crippen LogP contribution in [-0.2, 0) is 9.63 Å². The van der Waals surface area contributed by atoms with E-state index < -0.39 is 11.9 Å². The molecule has 104 valence electrons. The van der Waals surface area contributed by atoms with Crippen molar-refractivity contribution in [1.82, 2.24) is 4.98 Å². The third-order valence-electron chi connectivity index (χ3n) is 2.05. The van der Waals surface area contributed by atoms with Gasteiger partial charge in [0, 0.05) is 11.1 Å². The van der Waals surface area contributed by atoms with Crippen molar-refractivity contribution in [1.29, 1.82) is 0 Å². The van der Waals surface area contributed by atoms with Crippen LogP contribution in [0.25, 0.3) is 0 Å². The highest BCUT2D eigenvalue weighted by Gasteiger charge is 2.18. The lowest BCUT2D eigenvalue weighted by molar-refractivity contribution is -0.112. The minimum absolute atomic E-state index is 0.0558. The molecular formula is C11H8BrN3O4S. The first-order chi connectivity index (χ1) is 9.47. The number of primary amides is 1. The van der Waals surface area contributed by atoms with Crippen molar-refractivity contribution in [3.8, 4) is 0 Å². The standard InChI is InChI=1S/C11H8BrN3O4S/c1-5-4-20-10(14-5)8(9(13)16)15-19-11(17)6-2-3-7(12)18-6/h2-4H,1H3,(H2,13,16)/b15-8+. The third kappa shape index (κ3) is 3.31. The van der Waals surface area contributed by atoms with Crippen molar-refractivity contribution >= 4 is 44.9 Å². The molecule has 0 fully saturated rings. The van der Waals surface area contributed by atoms with Crippen molar-refractivity contribution in [2.75, 3.05) is 0 Å². The summed E-state index contributed by atoms with van der Waals surface area (Å²) in [5.74, 6) is -1.74. The molecule has 0 aliphatic heterocycles. The summed E-state index contributed by atoms with van der Waals surface area (Å²) in [5.41, 5.74) is 5.67. The van der Waals surface area contributed by atoms with Gasteiger partial charge < -0.3 is 15.0 Å². The zero-order valence-electron chi connectivity index (χ0n) is 10.1. The Hall–Kier alpha value is -2.00. The van der Waals surface area contributed by atoms with E-state index in [0.29, 0.717) is 10.4 Å². The van der Waals surface area contributed by atoms with Crippen molar-refractivity contribution in [3.63, 3.8) is 0 Å². The maximum absolute atomic E-state index is 11.6. The number of carbonyl (C=O) groups is 2. The predicted octanol–water partition coefficient (Wildman–Crippen LogP) is 1.85. The van der Waals surface area contributed by atoms with E-state index >= 15 is 0 Å². The van der Waals surface area contributed by atoms with Crippen molar-refractivity contribution in [2.45, 2.75) is 6.92 Å². The average molecular weight is 358 g/mol. The SMILES string of the molecule is Cc1csc(/C(=N/OC(=O)c2ccc(Br)o2)C(N)=O)n1. The number of halogens is 1. The fourth-order valence-electron chi connectivity index (χ4n) is 1.21. The van der Waals surface area contributed by atoms with Crippen LogP contribution in [0.3, 0.4) is 0 Å². The number of carbonyl (C=O) groups excluding carboxylic acids is 2. The Balaban J connectivity index is 2.18. The van der Waals surface area contributed by atoms with Gasteiger partial charge in [-0.1, -0.05) is 5.16 Å². The molecule has 0 saturated heterocycles. The quantitative estimate of drug-likeness (QED) is 0.510. The highest BCUT2D eigenvalue weighted by molar-refractivity contribution is 9.10. The molecule has 1 amide bonds. The Kier molecular flexibility index (Phi) is 4.30. The number of rotatable bonds is 4. The van der Waals surface area contributed by atoms with Gasteiger partial charge in [0.15, 0.2) is 9.68 Å². The van der Waals surface area contributed by atoms with Crippen LogP contribution in [0, 0.1) is 6.92 Å². The molecule has 2 N–H and O–H groups in total. The second-order valence-corrected chi connectivity index (χ2v) is 5.22. The minimum atomic E-state index is -0.845. The second kappa shape index (κ2) is 5.97. The molecule has 2 aromatic heterocycles. The number of furan rings is 1. The molecule has 0 aliphatic carbocycles. The number of hydrogen-bond donors (Lipinski definition) is 1. The van der Waals surface area contributed by atoms with Gasteiger partial charge in [-0.15, -0.1) is 11.3 Å². The van der Waals surface area contributed by atoms with E-state index in [9.17, 15) is 9.59 Å². The Morgan fingerprint density at radius 1 is 1.50 bits per heavy atom. The van der Waals surface area contributed by atoms with Gasteiger partial charge >= 0.3 is 5.97 Å². The first-order valence-corrected chi connectivity index (χ1v) is 6.91. The zero-order valence-corrected chi connectivity index (χ0v) is 12.5. The fraction of sp³-hybridized carbons (Fsp3) is 0.0909. The summed E-state index contributed by atoms with van der Waals surface area (Å²) in [4.78, 5) is 31.6. The lowest BCUT2D eigenvalue weighted by Gasteiger charge is -1.98. The second-order valence-electron chi connectivity index (χ2n) is 3.58. The van der Waals surface area contributed by atoms with Crippen LogP contribution in [0.1, 0.15) is 21.3 Å². The molecule has 0 bridgehead atoms. The summed E-state index contributed by atoms with van der Waals surface area (Å²) in [6.45, 7) is 1.75. The highest BCUT2D eigenvalue weighted by atomic mass is 79.9. The van der Waals surface area contributed by atoms with Gasteiger partial charge in [0.1, 0.15) is 0 Å². The van der Waals surface area contributed by atoms with Crippen molar-refractivity contribution < 1.29 is 18.8 Å². The maximum Gasteiger partial charge on any atom is 0.400 e. The zero-order chi connectivity index (χ0) is 14.7. The van der Waals surface area contributed by atoms with Gasteiger partial charge in [-0.05, 0) is 35.0 Å². The van der Waals surface area contributed by atoms with Gasteiger partial charge in [0.05, 0.1) is 0 Å². The maximum atomic E-state index is 11.6. The van der Waals surface area contributed by atoms with Crippen LogP contribution in [-0.4, -0.2) is 22.6 Å². The molecule has 20 heavy (non-hydrogen) atoms. The highest BCUT2D eigenvalue weighted by Crippen LogP contribution is 2.15. The van der Waals surface area contributed by atoms with Crippen LogP contribution in [0.2, 0.25) is 0 Å². The number of amides is 1. The van der Waals surface area contributed by atoms with Crippen molar-refractivity contribution in [2.24, 2.45) is 10.9 Å². The number of oxime groups is 1. The van der Waals surface area contributed by atoms with E-state index in [-0.39, 0.29) is 16.5 Å². The Morgan fingerprint density at radius 2 is 2.25 bits per heavy atom. The molecule has 2 heterocycles. The number of aromatic nitrogens is 1. The third-order valence-corrected chi connectivity index (χ3v) is 3.44. The molecule has 0 aromatic carbocycles. The number of nitrogens with zero attached hydrogens (tertiary/aromatic N) is 2. The molecular weight excluding hydrogens is 350 g/mol. The van der Waals surface area contributed by atoms with Gasteiger partial charge in [0.25, 0.3) is 5.91 Å². The molecule has 0 spiro atoms. The van der Waals surface area contributed by atoms with Gasteiger partial charge in [0.2, 0.25) is 11.5 Å². The summed E-state index contributed by atoms with van der Waals surface area (Å²) in [7, 11) is 0. The van der Waals surface area contributed by atoms with E-state index in [1.165, 1.54) is 23.5 Å². The van der Waals surface area contributed by atoms with Crippen LogP contribution < -0.4 is 5.73 Å². The first-order valence-electron chi connectivity index (χ1n) is 5.24. The average Bonchev–Trinajstić information content (AvgIpc) is 2.98. The van der Waals surface area contributed by atoms with E-state index in [4.69, 9.17) is 10.2 Å². The summed E-state index contributed by atoms with van der Waals surface area (Å²) in [6, 6.07) is 2.93. The molecule has 9 heteroatoms. The molecule has 7 nitrogen and oxygen atoms in total. The minimum Gasteiger partial charge on any atom is -0.442 e. The fourth-order valence-corrected chi connectivity index (χ4v) is 2.30. The van der Waals surface area contributed by atoms with E-state index in [0.717, 1.165) is 0 Å². The number of nitrogens with two attached hydrogens (primary N) is 1. The topological polar surface area (TPSA) is 108 Å². The Labute approximate surface area is 125 Å². The largest absolute Gasteiger partial charge is 0.442 e. The lowest BCUT2D eigenvalue weighted by atomic mass is 10.4. The molecule has 0 saturated carbocycles. The molecule has 2 aromatic rings. The van der Waals surface area contributed by atoms with E-state index in [1.54, 1.807) is 12.3 Å². The van der Waals surface area contributed by atoms with Gasteiger partial charge in [-0.3, -0.25) is 4.79 Å². The molecule has 0 unspecified atom stereocenters. The Bertz CT molecular complexity index is 691. The normalized spacial score (nSPS) is 11.4. The summed E-state index contributed by atoms with van der Waals surface area (Å²) < 4.78 is 5.37.